The van der Waals surface area contributed by atoms with Gasteiger partial charge in [-0.25, -0.2) is 0 Å². The third kappa shape index (κ3) is 4.40. The molecule has 1 rings (SSSR count). The van der Waals surface area contributed by atoms with Crippen molar-refractivity contribution in [2.45, 2.75) is 13.0 Å². The first kappa shape index (κ1) is 14.6. The summed E-state index contributed by atoms with van der Waals surface area (Å²) < 4.78 is 0. The van der Waals surface area contributed by atoms with Gasteiger partial charge in [-0.05, 0) is 30.2 Å². The second kappa shape index (κ2) is 7.05. The normalized spacial score (nSPS) is 14.2. The third-order valence-corrected chi connectivity index (χ3v) is 2.63. The molecule has 0 aromatic heterocycles. The molecule has 0 saturated carbocycles. The van der Waals surface area contributed by atoms with Crippen LogP contribution in [0.3, 0.4) is 0 Å². The largest absolute Gasteiger partial charge is 0.396 e. The topological polar surface area (TPSA) is 95.6 Å². The van der Waals surface area contributed by atoms with Crippen molar-refractivity contribution >= 4 is 5.69 Å². The van der Waals surface area contributed by atoms with Crippen LogP contribution in [0.1, 0.15) is 18.6 Å². The molecule has 0 spiro atoms. The lowest BCUT2D eigenvalue weighted by molar-refractivity contribution is -0.384. The number of hydrogen-bond donors (Lipinski definition) is 3. The lowest BCUT2D eigenvalue weighted by atomic mass is 10.1. The van der Waals surface area contributed by atoms with E-state index in [0.29, 0.717) is 18.7 Å². The van der Waals surface area contributed by atoms with E-state index in [1.54, 1.807) is 12.1 Å². The Morgan fingerprint density at radius 2 is 1.94 bits per heavy atom. The lowest BCUT2D eigenvalue weighted by Gasteiger charge is -2.14. The Morgan fingerprint density at radius 1 is 1.33 bits per heavy atom. The monoisotopic (exact) mass is 254 g/mol. The molecule has 0 bridgehead atoms. The van der Waals surface area contributed by atoms with Crippen LogP contribution in [0.15, 0.2) is 24.3 Å². The molecule has 0 aliphatic carbocycles. The van der Waals surface area contributed by atoms with Crippen molar-refractivity contribution in [2.24, 2.45) is 5.92 Å². The van der Waals surface area contributed by atoms with Crippen molar-refractivity contribution in [1.82, 2.24) is 5.32 Å². The predicted octanol–water partition coefficient (Wildman–Crippen LogP) is 0.846. The molecule has 0 radical (unpaired) electrons. The van der Waals surface area contributed by atoms with Crippen LogP contribution >= 0.6 is 0 Å². The SMILES string of the molecule is CC(CO)CNCC(O)c1ccc([N+](=O)[O-])cc1. The van der Waals surface area contributed by atoms with E-state index in [2.05, 4.69) is 5.32 Å². The van der Waals surface area contributed by atoms with Gasteiger partial charge in [0.1, 0.15) is 0 Å². The van der Waals surface area contributed by atoms with E-state index < -0.39 is 11.0 Å². The molecule has 6 heteroatoms. The molecule has 100 valence electrons. The first-order valence-electron chi connectivity index (χ1n) is 5.78. The Balaban J connectivity index is 2.46. The van der Waals surface area contributed by atoms with Crippen LogP contribution in [0.2, 0.25) is 0 Å². The number of nitrogens with one attached hydrogen (secondary N) is 1. The van der Waals surface area contributed by atoms with Gasteiger partial charge in [-0.2, -0.15) is 0 Å². The first-order chi connectivity index (χ1) is 8.54. The molecule has 0 aliphatic rings. The minimum absolute atomic E-state index is 0.00723. The molecule has 0 amide bonds. The minimum atomic E-state index is -0.711. The molecule has 1 aromatic carbocycles. The molecule has 1 aromatic rings. The van der Waals surface area contributed by atoms with E-state index in [4.69, 9.17) is 5.11 Å². The van der Waals surface area contributed by atoms with Crippen LogP contribution < -0.4 is 5.32 Å². The van der Waals surface area contributed by atoms with Gasteiger partial charge in [-0.3, -0.25) is 10.1 Å². The van der Waals surface area contributed by atoms with Gasteiger partial charge in [0, 0.05) is 25.3 Å². The van der Waals surface area contributed by atoms with E-state index in [1.807, 2.05) is 6.92 Å². The molecule has 18 heavy (non-hydrogen) atoms. The minimum Gasteiger partial charge on any atom is -0.396 e. The van der Waals surface area contributed by atoms with Crippen LogP contribution in [-0.2, 0) is 0 Å². The van der Waals surface area contributed by atoms with E-state index in [9.17, 15) is 15.2 Å². The number of hydrogen-bond acceptors (Lipinski definition) is 5. The fraction of sp³-hybridized carbons (Fsp3) is 0.500. The summed E-state index contributed by atoms with van der Waals surface area (Å²) in [5, 5.41) is 32.2. The smallest absolute Gasteiger partial charge is 0.269 e. The van der Waals surface area contributed by atoms with Crippen molar-refractivity contribution in [3.05, 3.63) is 39.9 Å². The van der Waals surface area contributed by atoms with Crippen LogP contribution in [-0.4, -0.2) is 34.8 Å². The van der Waals surface area contributed by atoms with Crippen LogP contribution in [0.25, 0.3) is 0 Å². The molecule has 2 unspecified atom stereocenters. The molecule has 0 saturated heterocycles. The summed E-state index contributed by atoms with van der Waals surface area (Å²) in [6.07, 6.45) is -0.711. The number of rotatable bonds is 7. The van der Waals surface area contributed by atoms with Crippen molar-refractivity contribution in [1.29, 1.82) is 0 Å². The molecule has 0 heterocycles. The molecule has 6 nitrogen and oxygen atoms in total. The maximum Gasteiger partial charge on any atom is 0.269 e. The molecular weight excluding hydrogens is 236 g/mol. The van der Waals surface area contributed by atoms with Crippen molar-refractivity contribution in [2.75, 3.05) is 19.7 Å². The average Bonchev–Trinajstić information content (AvgIpc) is 2.38. The number of aliphatic hydroxyl groups excluding tert-OH is 2. The molecule has 0 fully saturated rings. The number of aliphatic hydroxyl groups is 2. The fourth-order valence-corrected chi connectivity index (χ4v) is 1.47. The van der Waals surface area contributed by atoms with Crippen LogP contribution in [0.5, 0.6) is 0 Å². The quantitative estimate of drug-likeness (QED) is 0.495. The maximum absolute atomic E-state index is 10.5. The summed E-state index contributed by atoms with van der Waals surface area (Å²) in [6, 6.07) is 5.82. The summed E-state index contributed by atoms with van der Waals surface area (Å²) in [5.74, 6) is 0.133. The number of benzene rings is 1. The Kier molecular flexibility index (Phi) is 5.70. The number of nitrogens with zero attached hydrogens (tertiary/aromatic N) is 1. The van der Waals surface area contributed by atoms with E-state index in [-0.39, 0.29) is 18.2 Å². The standard InChI is InChI=1S/C12H18N2O4/c1-9(8-15)6-13-7-12(16)10-2-4-11(5-3-10)14(17)18/h2-5,9,12-13,15-16H,6-8H2,1H3. The summed E-state index contributed by atoms with van der Waals surface area (Å²) in [6.45, 7) is 2.95. The fourth-order valence-electron chi connectivity index (χ4n) is 1.47. The summed E-state index contributed by atoms with van der Waals surface area (Å²) in [7, 11) is 0. The van der Waals surface area contributed by atoms with Crippen LogP contribution in [0, 0.1) is 16.0 Å². The van der Waals surface area contributed by atoms with Crippen molar-refractivity contribution < 1.29 is 15.1 Å². The highest BCUT2D eigenvalue weighted by molar-refractivity contribution is 5.33. The molecule has 0 aliphatic heterocycles. The Morgan fingerprint density at radius 3 is 2.44 bits per heavy atom. The Labute approximate surface area is 105 Å². The summed E-state index contributed by atoms with van der Waals surface area (Å²) >= 11 is 0. The molecular formula is C12H18N2O4. The van der Waals surface area contributed by atoms with E-state index in [0.717, 1.165) is 0 Å². The Hall–Kier alpha value is -1.50. The summed E-state index contributed by atoms with van der Waals surface area (Å²) in [5.41, 5.74) is 0.637. The van der Waals surface area contributed by atoms with Gasteiger partial charge in [0.15, 0.2) is 0 Å². The Bertz CT molecular complexity index is 380. The average molecular weight is 254 g/mol. The van der Waals surface area contributed by atoms with Gasteiger partial charge >= 0.3 is 0 Å². The number of nitro groups is 1. The molecule has 2 atom stereocenters. The maximum atomic E-state index is 10.5. The van der Waals surface area contributed by atoms with Gasteiger partial charge in [-0.15, -0.1) is 0 Å². The lowest BCUT2D eigenvalue weighted by Crippen LogP contribution is -2.27. The highest BCUT2D eigenvalue weighted by Gasteiger charge is 2.10. The van der Waals surface area contributed by atoms with Gasteiger partial charge in [0.05, 0.1) is 11.0 Å². The van der Waals surface area contributed by atoms with Gasteiger partial charge in [0.2, 0.25) is 0 Å². The zero-order valence-corrected chi connectivity index (χ0v) is 10.2. The van der Waals surface area contributed by atoms with Crippen molar-refractivity contribution in [3.63, 3.8) is 0 Å². The summed E-state index contributed by atoms with van der Waals surface area (Å²) in [4.78, 5) is 9.99. The van der Waals surface area contributed by atoms with E-state index >= 15 is 0 Å². The zero-order chi connectivity index (χ0) is 13.5. The highest BCUT2D eigenvalue weighted by Crippen LogP contribution is 2.17. The number of nitro benzene ring substituents is 1. The third-order valence-electron chi connectivity index (χ3n) is 2.63. The second-order valence-corrected chi connectivity index (χ2v) is 4.31. The second-order valence-electron chi connectivity index (χ2n) is 4.31. The van der Waals surface area contributed by atoms with Gasteiger partial charge in [0.25, 0.3) is 5.69 Å². The molecule has 3 N–H and O–H groups in total. The van der Waals surface area contributed by atoms with Crippen LogP contribution in [0.4, 0.5) is 5.69 Å². The predicted molar refractivity (Wildman–Crippen MR) is 67.2 cm³/mol. The zero-order valence-electron chi connectivity index (χ0n) is 10.2. The van der Waals surface area contributed by atoms with E-state index in [1.165, 1.54) is 12.1 Å². The first-order valence-corrected chi connectivity index (χ1v) is 5.78. The highest BCUT2D eigenvalue weighted by atomic mass is 16.6. The van der Waals surface area contributed by atoms with Crippen molar-refractivity contribution in [3.8, 4) is 0 Å². The number of non-ortho nitro benzene ring substituents is 1. The van der Waals surface area contributed by atoms with Gasteiger partial charge in [-0.1, -0.05) is 6.92 Å². The van der Waals surface area contributed by atoms with Gasteiger partial charge < -0.3 is 15.5 Å².